The van der Waals surface area contributed by atoms with Crippen molar-refractivity contribution in [1.82, 2.24) is 0 Å². The SMILES string of the molecule is C=C[C@H](Oc1ccccc1)c1cccc(C)c1. The molecule has 0 amide bonds. The van der Waals surface area contributed by atoms with Crippen LogP contribution in [-0.2, 0) is 0 Å². The highest BCUT2D eigenvalue weighted by Crippen LogP contribution is 2.23. The van der Waals surface area contributed by atoms with Crippen LogP contribution in [0.25, 0.3) is 0 Å². The molecule has 86 valence electrons. The van der Waals surface area contributed by atoms with E-state index in [1.165, 1.54) is 5.56 Å². The van der Waals surface area contributed by atoms with Gasteiger partial charge in [0.2, 0.25) is 0 Å². The number of ether oxygens (including phenoxy) is 1. The number of benzene rings is 2. The van der Waals surface area contributed by atoms with Crippen LogP contribution in [-0.4, -0.2) is 0 Å². The van der Waals surface area contributed by atoms with E-state index in [0.717, 1.165) is 11.3 Å². The standard InChI is InChI=1S/C16H16O/c1-3-16(14-9-7-8-13(2)12-14)17-15-10-5-4-6-11-15/h3-12,16H,1H2,2H3/t16-/m0/s1. The fourth-order valence-electron chi connectivity index (χ4n) is 1.75. The summed E-state index contributed by atoms with van der Waals surface area (Å²) in [7, 11) is 0. The predicted molar refractivity (Wildman–Crippen MR) is 71.2 cm³/mol. The molecule has 0 saturated carbocycles. The van der Waals surface area contributed by atoms with Gasteiger partial charge in [-0.3, -0.25) is 0 Å². The van der Waals surface area contributed by atoms with Gasteiger partial charge in [0.05, 0.1) is 0 Å². The van der Waals surface area contributed by atoms with Crippen molar-refractivity contribution in [2.24, 2.45) is 0 Å². The molecular formula is C16H16O. The average Bonchev–Trinajstić information content (AvgIpc) is 2.37. The van der Waals surface area contributed by atoms with Gasteiger partial charge in [0.15, 0.2) is 0 Å². The lowest BCUT2D eigenvalue weighted by Gasteiger charge is -2.16. The van der Waals surface area contributed by atoms with Gasteiger partial charge in [-0.25, -0.2) is 0 Å². The molecule has 0 N–H and O–H groups in total. The summed E-state index contributed by atoms with van der Waals surface area (Å²) in [4.78, 5) is 0. The summed E-state index contributed by atoms with van der Waals surface area (Å²) < 4.78 is 5.89. The molecule has 0 aliphatic rings. The third-order valence-corrected chi connectivity index (χ3v) is 2.59. The highest BCUT2D eigenvalue weighted by Gasteiger charge is 2.08. The Bertz CT molecular complexity index is 488. The maximum atomic E-state index is 5.89. The Kier molecular flexibility index (Phi) is 3.61. The lowest BCUT2D eigenvalue weighted by molar-refractivity contribution is 0.256. The van der Waals surface area contributed by atoms with Crippen molar-refractivity contribution in [1.29, 1.82) is 0 Å². The van der Waals surface area contributed by atoms with E-state index < -0.39 is 0 Å². The molecule has 0 aliphatic heterocycles. The molecule has 0 fully saturated rings. The number of rotatable bonds is 4. The fourth-order valence-corrected chi connectivity index (χ4v) is 1.75. The second-order valence-electron chi connectivity index (χ2n) is 4.00. The quantitative estimate of drug-likeness (QED) is 0.703. The number of hydrogen-bond donors (Lipinski definition) is 0. The van der Waals surface area contributed by atoms with E-state index in [4.69, 9.17) is 4.74 Å². The topological polar surface area (TPSA) is 9.23 Å². The second-order valence-corrected chi connectivity index (χ2v) is 4.00. The summed E-state index contributed by atoms with van der Waals surface area (Å²) in [6.45, 7) is 5.91. The molecule has 0 saturated heterocycles. The molecule has 1 heteroatoms. The predicted octanol–water partition coefficient (Wildman–Crippen LogP) is 4.30. The van der Waals surface area contributed by atoms with E-state index in [-0.39, 0.29) is 6.10 Å². The van der Waals surface area contributed by atoms with Crippen LogP contribution in [0.4, 0.5) is 0 Å². The van der Waals surface area contributed by atoms with Crippen molar-refractivity contribution in [3.05, 3.63) is 78.4 Å². The van der Waals surface area contributed by atoms with Crippen molar-refractivity contribution in [3.63, 3.8) is 0 Å². The van der Waals surface area contributed by atoms with E-state index in [9.17, 15) is 0 Å². The minimum atomic E-state index is -0.0997. The van der Waals surface area contributed by atoms with E-state index >= 15 is 0 Å². The molecular weight excluding hydrogens is 208 g/mol. The van der Waals surface area contributed by atoms with Gasteiger partial charge in [-0.2, -0.15) is 0 Å². The molecule has 0 unspecified atom stereocenters. The van der Waals surface area contributed by atoms with Crippen molar-refractivity contribution in [2.75, 3.05) is 0 Å². The number of para-hydroxylation sites is 1. The van der Waals surface area contributed by atoms with Crippen LogP contribution in [0, 0.1) is 6.92 Å². The monoisotopic (exact) mass is 224 g/mol. The van der Waals surface area contributed by atoms with Gasteiger partial charge in [0.1, 0.15) is 11.9 Å². The van der Waals surface area contributed by atoms with Gasteiger partial charge in [0.25, 0.3) is 0 Å². The minimum Gasteiger partial charge on any atom is -0.482 e. The van der Waals surface area contributed by atoms with Gasteiger partial charge in [-0.1, -0.05) is 54.6 Å². The molecule has 0 spiro atoms. The van der Waals surface area contributed by atoms with Crippen LogP contribution in [0.5, 0.6) is 5.75 Å². The molecule has 2 aromatic carbocycles. The summed E-state index contributed by atoms with van der Waals surface area (Å²) in [6.07, 6.45) is 1.72. The Morgan fingerprint density at radius 2 is 1.82 bits per heavy atom. The molecule has 0 radical (unpaired) electrons. The highest BCUT2D eigenvalue weighted by molar-refractivity contribution is 5.29. The largest absolute Gasteiger partial charge is 0.482 e. The van der Waals surface area contributed by atoms with Gasteiger partial charge in [-0.05, 0) is 30.7 Å². The Morgan fingerprint density at radius 3 is 2.47 bits per heavy atom. The van der Waals surface area contributed by atoms with E-state index in [1.54, 1.807) is 0 Å². The zero-order valence-electron chi connectivity index (χ0n) is 9.97. The zero-order valence-corrected chi connectivity index (χ0v) is 9.97. The molecule has 1 nitrogen and oxygen atoms in total. The highest BCUT2D eigenvalue weighted by atomic mass is 16.5. The molecule has 2 aromatic rings. The smallest absolute Gasteiger partial charge is 0.142 e. The third-order valence-electron chi connectivity index (χ3n) is 2.59. The van der Waals surface area contributed by atoms with Crippen LogP contribution in [0.15, 0.2) is 67.3 Å². The summed E-state index contributed by atoms with van der Waals surface area (Å²) in [5.74, 6) is 0.860. The Labute approximate surface area is 102 Å². The van der Waals surface area contributed by atoms with Crippen LogP contribution >= 0.6 is 0 Å². The zero-order chi connectivity index (χ0) is 12.1. The number of hydrogen-bond acceptors (Lipinski definition) is 1. The van der Waals surface area contributed by atoms with Crippen molar-refractivity contribution in [2.45, 2.75) is 13.0 Å². The summed E-state index contributed by atoms with van der Waals surface area (Å²) >= 11 is 0. The third kappa shape index (κ3) is 2.97. The van der Waals surface area contributed by atoms with Crippen LogP contribution in [0.3, 0.4) is 0 Å². The fraction of sp³-hybridized carbons (Fsp3) is 0.125. The maximum Gasteiger partial charge on any atom is 0.142 e. The normalized spacial score (nSPS) is 11.8. The lowest BCUT2D eigenvalue weighted by atomic mass is 10.1. The first kappa shape index (κ1) is 11.5. The summed E-state index contributed by atoms with van der Waals surface area (Å²) in [5, 5.41) is 0. The van der Waals surface area contributed by atoms with E-state index in [2.05, 4.69) is 31.7 Å². The Hall–Kier alpha value is -2.02. The minimum absolute atomic E-state index is 0.0997. The summed E-state index contributed by atoms with van der Waals surface area (Å²) in [6, 6.07) is 18.1. The Balaban J connectivity index is 2.20. The maximum absolute atomic E-state index is 5.89. The molecule has 0 aromatic heterocycles. The van der Waals surface area contributed by atoms with Crippen LogP contribution < -0.4 is 4.74 Å². The van der Waals surface area contributed by atoms with E-state index in [1.807, 2.05) is 42.5 Å². The van der Waals surface area contributed by atoms with Crippen molar-refractivity contribution in [3.8, 4) is 5.75 Å². The average molecular weight is 224 g/mol. The first-order chi connectivity index (χ1) is 8.29. The van der Waals surface area contributed by atoms with Crippen LogP contribution in [0.2, 0.25) is 0 Å². The molecule has 0 aliphatic carbocycles. The number of aryl methyl sites for hydroxylation is 1. The molecule has 1 atom stereocenters. The van der Waals surface area contributed by atoms with Gasteiger partial charge in [-0.15, -0.1) is 0 Å². The van der Waals surface area contributed by atoms with Gasteiger partial charge < -0.3 is 4.74 Å². The first-order valence-electron chi connectivity index (χ1n) is 5.70. The Morgan fingerprint density at radius 1 is 1.06 bits per heavy atom. The van der Waals surface area contributed by atoms with Gasteiger partial charge in [0, 0.05) is 0 Å². The molecule has 0 bridgehead atoms. The van der Waals surface area contributed by atoms with Crippen molar-refractivity contribution >= 4 is 0 Å². The first-order valence-corrected chi connectivity index (χ1v) is 5.70. The molecule has 17 heavy (non-hydrogen) atoms. The van der Waals surface area contributed by atoms with Gasteiger partial charge >= 0.3 is 0 Å². The molecule has 0 heterocycles. The summed E-state index contributed by atoms with van der Waals surface area (Å²) in [5.41, 5.74) is 2.36. The lowest BCUT2D eigenvalue weighted by Crippen LogP contribution is -2.04. The van der Waals surface area contributed by atoms with Crippen LogP contribution in [0.1, 0.15) is 17.2 Å². The van der Waals surface area contributed by atoms with E-state index in [0.29, 0.717) is 0 Å². The molecule has 2 rings (SSSR count). The second kappa shape index (κ2) is 5.35. The van der Waals surface area contributed by atoms with Crippen molar-refractivity contribution < 1.29 is 4.74 Å².